The fraction of sp³-hybridized carbons (Fsp3) is 0.300. The van der Waals surface area contributed by atoms with Gasteiger partial charge in [0.15, 0.2) is 0 Å². The van der Waals surface area contributed by atoms with Crippen molar-refractivity contribution in [3.8, 4) is 0 Å². The molecule has 4 rings (SSSR count). The number of aromatic amines is 1. The second-order valence-corrected chi connectivity index (χ2v) is 6.62. The number of fused-ring (bicyclic) bond motifs is 1. The summed E-state index contributed by atoms with van der Waals surface area (Å²) in [6.07, 6.45) is 5.37. The molecule has 0 atom stereocenters. The Morgan fingerprint density at radius 1 is 1.16 bits per heavy atom. The van der Waals surface area contributed by atoms with Gasteiger partial charge in [0.25, 0.3) is 0 Å². The van der Waals surface area contributed by atoms with Gasteiger partial charge in [-0.15, -0.1) is 0 Å². The zero-order valence-electron chi connectivity index (χ0n) is 14.1. The van der Waals surface area contributed by atoms with Crippen LogP contribution in [0.2, 0.25) is 0 Å². The molecule has 2 aromatic heterocycles. The van der Waals surface area contributed by atoms with Crippen molar-refractivity contribution in [1.82, 2.24) is 14.9 Å². The lowest BCUT2D eigenvalue weighted by atomic mass is 9.95. The molecule has 3 aromatic rings. The summed E-state index contributed by atoms with van der Waals surface area (Å²) in [5, 5.41) is 4.04. The van der Waals surface area contributed by atoms with Crippen molar-refractivity contribution in [2.24, 2.45) is 5.92 Å². The summed E-state index contributed by atoms with van der Waals surface area (Å²) in [5.41, 5.74) is 2.97. The highest BCUT2D eigenvalue weighted by atomic mass is 16.1. The predicted molar refractivity (Wildman–Crippen MR) is 99.2 cm³/mol. The van der Waals surface area contributed by atoms with Gasteiger partial charge < -0.3 is 10.3 Å². The summed E-state index contributed by atoms with van der Waals surface area (Å²) in [6.45, 7) is 2.88. The Morgan fingerprint density at radius 3 is 2.76 bits per heavy atom. The second kappa shape index (κ2) is 7.07. The van der Waals surface area contributed by atoms with E-state index in [1.807, 2.05) is 24.4 Å². The molecule has 1 fully saturated rings. The zero-order valence-corrected chi connectivity index (χ0v) is 14.1. The summed E-state index contributed by atoms with van der Waals surface area (Å²) in [7, 11) is 0. The van der Waals surface area contributed by atoms with Crippen LogP contribution in [0.5, 0.6) is 0 Å². The molecule has 0 aliphatic carbocycles. The Balaban J connectivity index is 1.34. The smallest absolute Gasteiger partial charge is 0.227 e. The van der Waals surface area contributed by atoms with E-state index in [1.54, 1.807) is 6.20 Å². The molecular weight excluding hydrogens is 312 g/mol. The van der Waals surface area contributed by atoms with E-state index in [0.717, 1.165) is 49.2 Å². The van der Waals surface area contributed by atoms with Crippen molar-refractivity contribution in [3.63, 3.8) is 0 Å². The summed E-state index contributed by atoms with van der Waals surface area (Å²) < 4.78 is 0. The highest BCUT2D eigenvalue weighted by molar-refractivity contribution is 6.00. The first kappa shape index (κ1) is 15.8. The number of hydrogen-bond acceptors (Lipinski definition) is 3. The molecule has 0 bridgehead atoms. The summed E-state index contributed by atoms with van der Waals surface area (Å²) in [6, 6.07) is 14.3. The van der Waals surface area contributed by atoms with Crippen molar-refractivity contribution < 1.29 is 4.79 Å². The average Bonchev–Trinajstić information content (AvgIpc) is 3.13. The summed E-state index contributed by atoms with van der Waals surface area (Å²) >= 11 is 0. The van der Waals surface area contributed by atoms with E-state index < -0.39 is 0 Å². The molecule has 1 aromatic carbocycles. The van der Waals surface area contributed by atoms with Gasteiger partial charge >= 0.3 is 0 Å². The van der Waals surface area contributed by atoms with Crippen LogP contribution in [0.3, 0.4) is 0 Å². The molecule has 128 valence electrons. The topological polar surface area (TPSA) is 61.0 Å². The number of H-pyrrole nitrogens is 1. The number of amides is 1. The first-order valence-electron chi connectivity index (χ1n) is 8.79. The van der Waals surface area contributed by atoms with Crippen LogP contribution in [0.15, 0.2) is 54.9 Å². The molecule has 1 aliphatic heterocycles. The van der Waals surface area contributed by atoms with Crippen molar-refractivity contribution in [2.45, 2.75) is 19.4 Å². The van der Waals surface area contributed by atoms with Crippen LogP contribution in [0.1, 0.15) is 18.4 Å². The maximum Gasteiger partial charge on any atom is 0.227 e. The van der Waals surface area contributed by atoms with Crippen molar-refractivity contribution in [3.05, 3.63) is 60.4 Å². The maximum absolute atomic E-state index is 12.6. The average molecular weight is 334 g/mol. The SMILES string of the molecule is O=C(Nc1ccnc2[nH]ccc12)C1CCN(Cc2ccccc2)CC1. The van der Waals surface area contributed by atoms with Gasteiger partial charge in [0, 0.05) is 30.2 Å². The standard InChI is InChI=1S/C20H22N4O/c25-20(23-18-7-11-22-19-17(18)6-10-21-19)16-8-12-24(13-9-16)14-15-4-2-1-3-5-15/h1-7,10-11,16H,8-9,12-14H2,(H2,21,22,23,25). The Hall–Kier alpha value is -2.66. The van der Waals surface area contributed by atoms with E-state index in [4.69, 9.17) is 0 Å². The zero-order chi connectivity index (χ0) is 17.1. The Kier molecular flexibility index (Phi) is 4.48. The number of pyridine rings is 1. The maximum atomic E-state index is 12.6. The van der Waals surface area contributed by atoms with Gasteiger partial charge in [0.2, 0.25) is 5.91 Å². The van der Waals surface area contributed by atoms with Crippen LogP contribution in [0, 0.1) is 5.92 Å². The lowest BCUT2D eigenvalue weighted by molar-refractivity contribution is -0.121. The fourth-order valence-electron chi connectivity index (χ4n) is 3.50. The highest BCUT2D eigenvalue weighted by Crippen LogP contribution is 2.24. The Morgan fingerprint density at radius 2 is 1.96 bits per heavy atom. The third-order valence-electron chi connectivity index (χ3n) is 4.93. The van der Waals surface area contributed by atoms with E-state index in [9.17, 15) is 4.79 Å². The second-order valence-electron chi connectivity index (χ2n) is 6.62. The van der Waals surface area contributed by atoms with Gasteiger partial charge in [0.05, 0.1) is 5.69 Å². The highest BCUT2D eigenvalue weighted by Gasteiger charge is 2.25. The van der Waals surface area contributed by atoms with Gasteiger partial charge in [0.1, 0.15) is 5.65 Å². The molecule has 3 heterocycles. The molecule has 5 heteroatoms. The lowest BCUT2D eigenvalue weighted by Crippen LogP contribution is -2.37. The lowest BCUT2D eigenvalue weighted by Gasteiger charge is -2.31. The van der Waals surface area contributed by atoms with E-state index in [2.05, 4.69) is 44.5 Å². The number of hydrogen-bond donors (Lipinski definition) is 2. The molecule has 0 spiro atoms. The number of carbonyl (C=O) groups excluding carboxylic acids is 1. The van der Waals surface area contributed by atoms with Gasteiger partial charge in [-0.2, -0.15) is 0 Å². The number of nitrogens with one attached hydrogen (secondary N) is 2. The molecule has 5 nitrogen and oxygen atoms in total. The van der Waals surface area contributed by atoms with E-state index >= 15 is 0 Å². The van der Waals surface area contributed by atoms with Crippen LogP contribution < -0.4 is 5.32 Å². The van der Waals surface area contributed by atoms with Gasteiger partial charge in [-0.1, -0.05) is 30.3 Å². The molecule has 1 amide bonds. The Bertz CT molecular complexity index is 850. The number of likely N-dealkylation sites (tertiary alicyclic amines) is 1. The van der Waals surface area contributed by atoms with Crippen LogP contribution in [0.25, 0.3) is 11.0 Å². The molecule has 25 heavy (non-hydrogen) atoms. The minimum atomic E-state index is 0.0779. The van der Waals surface area contributed by atoms with Crippen molar-refractivity contribution in [1.29, 1.82) is 0 Å². The van der Waals surface area contributed by atoms with Gasteiger partial charge in [-0.3, -0.25) is 9.69 Å². The summed E-state index contributed by atoms with van der Waals surface area (Å²) in [5.74, 6) is 0.197. The largest absolute Gasteiger partial charge is 0.346 e. The van der Waals surface area contributed by atoms with Crippen LogP contribution in [-0.4, -0.2) is 33.9 Å². The predicted octanol–water partition coefficient (Wildman–Crippen LogP) is 3.41. The molecule has 0 unspecified atom stereocenters. The normalized spacial score (nSPS) is 16.2. The number of piperidine rings is 1. The third kappa shape index (κ3) is 3.56. The first-order chi connectivity index (χ1) is 12.3. The van der Waals surface area contributed by atoms with Crippen molar-refractivity contribution >= 4 is 22.6 Å². The summed E-state index contributed by atoms with van der Waals surface area (Å²) in [4.78, 5) is 22.4. The van der Waals surface area contributed by atoms with E-state index in [0.29, 0.717) is 0 Å². The minimum Gasteiger partial charge on any atom is -0.346 e. The fourth-order valence-corrected chi connectivity index (χ4v) is 3.50. The molecule has 2 N–H and O–H groups in total. The number of benzene rings is 1. The van der Waals surface area contributed by atoms with Crippen molar-refractivity contribution in [2.75, 3.05) is 18.4 Å². The first-order valence-corrected chi connectivity index (χ1v) is 8.79. The number of aromatic nitrogens is 2. The quantitative estimate of drug-likeness (QED) is 0.768. The molecule has 1 aliphatic rings. The van der Waals surface area contributed by atoms with Crippen LogP contribution in [0.4, 0.5) is 5.69 Å². The third-order valence-corrected chi connectivity index (χ3v) is 4.93. The number of rotatable bonds is 4. The van der Waals surface area contributed by atoms with E-state index in [-0.39, 0.29) is 11.8 Å². The van der Waals surface area contributed by atoms with Crippen LogP contribution >= 0.6 is 0 Å². The molecule has 1 saturated heterocycles. The van der Waals surface area contributed by atoms with Gasteiger partial charge in [-0.25, -0.2) is 4.98 Å². The molecular formula is C20H22N4O. The molecule has 0 radical (unpaired) electrons. The number of carbonyl (C=O) groups is 1. The number of nitrogens with zero attached hydrogens (tertiary/aromatic N) is 2. The number of anilines is 1. The Labute approximate surface area is 147 Å². The van der Waals surface area contributed by atoms with Crippen LogP contribution in [-0.2, 0) is 11.3 Å². The van der Waals surface area contributed by atoms with E-state index in [1.165, 1.54) is 5.56 Å². The minimum absolute atomic E-state index is 0.0779. The monoisotopic (exact) mass is 334 g/mol. The molecule has 0 saturated carbocycles. The van der Waals surface area contributed by atoms with Gasteiger partial charge in [-0.05, 0) is 43.6 Å².